The van der Waals surface area contributed by atoms with Gasteiger partial charge in [-0.2, -0.15) is 0 Å². The summed E-state index contributed by atoms with van der Waals surface area (Å²) in [5.74, 6) is 1.46. The van der Waals surface area contributed by atoms with Crippen molar-refractivity contribution in [1.82, 2.24) is 20.9 Å². The molecule has 2 atom stereocenters. The number of urea groups is 1. The highest BCUT2D eigenvalue weighted by Crippen LogP contribution is 2.32. The summed E-state index contributed by atoms with van der Waals surface area (Å²) in [4.78, 5) is 30.0. The van der Waals surface area contributed by atoms with Crippen LogP contribution in [0.25, 0.3) is 11.1 Å². The molecule has 160 valence electrons. The number of ether oxygens (including phenoxy) is 1. The number of pyridine rings is 1. The van der Waals surface area contributed by atoms with Gasteiger partial charge in [0.25, 0.3) is 0 Å². The van der Waals surface area contributed by atoms with Gasteiger partial charge in [0.1, 0.15) is 18.4 Å². The van der Waals surface area contributed by atoms with Gasteiger partial charge in [-0.1, -0.05) is 24.6 Å². The summed E-state index contributed by atoms with van der Waals surface area (Å²) in [7, 11) is 1.54. The van der Waals surface area contributed by atoms with Gasteiger partial charge in [-0.3, -0.25) is 9.78 Å². The van der Waals surface area contributed by atoms with Gasteiger partial charge < -0.3 is 20.7 Å². The number of amides is 3. The average molecular weight is 429 g/mol. The quantitative estimate of drug-likeness (QED) is 0.649. The molecule has 0 unspecified atom stereocenters. The number of aromatic nitrogens is 1. The summed E-state index contributed by atoms with van der Waals surface area (Å²) in [5, 5.41) is 8.21. The van der Waals surface area contributed by atoms with Crippen LogP contribution in [-0.4, -0.2) is 48.4 Å². The van der Waals surface area contributed by atoms with Crippen LogP contribution in [0.1, 0.15) is 26.2 Å². The molecule has 2 heterocycles. The molecule has 3 rings (SSSR count). The third-order valence-corrected chi connectivity index (χ3v) is 5.84. The fourth-order valence-electron chi connectivity index (χ4n) is 3.22. The van der Waals surface area contributed by atoms with Crippen molar-refractivity contribution in [2.75, 3.05) is 19.4 Å². The second kappa shape index (κ2) is 10.9. The SMILES string of the molecule is CNC(=O)N[C@H]1CCCCSc2cncc(c2)-c2ccccc2OC[C@@H](C)NC1=O. The summed E-state index contributed by atoms with van der Waals surface area (Å²) in [6.07, 6.45) is 6.05. The zero-order valence-electron chi connectivity index (χ0n) is 17.3. The van der Waals surface area contributed by atoms with Crippen molar-refractivity contribution < 1.29 is 14.3 Å². The number of carbonyl (C=O) groups is 2. The highest BCUT2D eigenvalue weighted by molar-refractivity contribution is 7.99. The van der Waals surface area contributed by atoms with Crippen molar-refractivity contribution in [1.29, 1.82) is 0 Å². The monoisotopic (exact) mass is 428 g/mol. The third-order valence-electron chi connectivity index (χ3n) is 4.79. The first-order chi connectivity index (χ1) is 14.6. The Kier molecular flexibility index (Phi) is 7.96. The molecule has 7 nitrogen and oxygen atoms in total. The Morgan fingerprint density at radius 2 is 2.10 bits per heavy atom. The van der Waals surface area contributed by atoms with Crippen LogP contribution in [-0.2, 0) is 4.79 Å². The second-order valence-corrected chi connectivity index (χ2v) is 8.41. The predicted octanol–water partition coefficient (Wildman–Crippen LogP) is 3.21. The standard InChI is InChI=1S/C22H28N4O3S/c1-15-14-29-20-9-4-3-7-18(20)16-11-17(13-24-12-16)30-10-6-5-8-19(21(27)25-15)26-22(28)23-2/h3-4,7,9,11-13,15,19H,5-6,8,10,14H2,1-2H3,(H,25,27)(H2,23,26,28)/t15-,19+/m1/s1. The highest BCUT2D eigenvalue weighted by Gasteiger charge is 2.22. The lowest BCUT2D eigenvalue weighted by atomic mass is 10.1. The van der Waals surface area contributed by atoms with Crippen molar-refractivity contribution in [3.63, 3.8) is 0 Å². The first kappa shape index (κ1) is 22.0. The molecule has 1 aliphatic rings. The van der Waals surface area contributed by atoms with E-state index in [1.807, 2.05) is 43.6 Å². The summed E-state index contributed by atoms with van der Waals surface area (Å²) >= 11 is 1.74. The molecule has 2 aromatic rings. The van der Waals surface area contributed by atoms with Gasteiger partial charge >= 0.3 is 6.03 Å². The van der Waals surface area contributed by atoms with E-state index in [4.69, 9.17) is 4.74 Å². The molecule has 0 saturated heterocycles. The van der Waals surface area contributed by atoms with Gasteiger partial charge in [0, 0.05) is 35.5 Å². The molecule has 2 bridgehead atoms. The molecule has 0 aliphatic carbocycles. The lowest BCUT2D eigenvalue weighted by Gasteiger charge is -2.22. The van der Waals surface area contributed by atoms with Gasteiger partial charge in [0.05, 0.1) is 6.04 Å². The minimum atomic E-state index is -0.581. The Hall–Kier alpha value is -2.74. The number of rotatable bonds is 1. The zero-order chi connectivity index (χ0) is 21.3. The topological polar surface area (TPSA) is 92.3 Å². The number of para-hydroxylation sites is 1. The molecular weight excluding hydrogens is 400 g/mol. The van der Waals surface area contributed by atoms with Crippen LogP contribution < -0.4 is 20.7 Å². The van der Waals surface area contributed by atoms with Crippen molar-refractivity contribution in [3.05, 3.63) is 42.7 Å². The second-order valence-electron chi connectivity index (χ2n) is 7.25. The number of benzene rings is 1. The Morgan fingerprint density at radius 1 is 1.27 bits per heavy atom. The van der Waals surface area contributed by atoms with E-state index in [1.54, 1.807) is 11.8 Å². The van der Waals surface area contributed by atoms with Crippen LogP contribution in [0.15, 0.2) is 47.6 Å². The van der Waals surface area contributed by atoms with Crippen molar-refractivity contribution >= 4 is 23.7 Å². The van der Waals surface area contributed by atoms with E-state index >= 15 is 0 Å². The van der Waals surface area contributed by atoms with Crippen molar-refractivity contribution in [2.24, 2.45) is 0 Å². The van der Waals surface area contributed by atoms with E-state index in [9.17, 15) is 9.59 Å². The molecule has 1 aromatic carbocycles. The molecule has 30 heavy (non-hydrogen) atoms. The van der Waals surface area contributed by atoms with Crippen LogP contribution in [0.4, 0.5) is 4.79 Å². The molecule has 0 fully saturated rings. The first-order valence-electron chi connectivity index (χ1n) is 10.2. The van der Waals surface area contributed by atoms with E-state index in [0.717, 1.165) is 40.4 Å². The fourth-order valence-corrected chi connectivity index (χ4v) is 4.15. The van der Waals surface area contributed by atoms with E-state index in [1.165, 1.54) is 7.05 Å². The molecule has 8 heteroatoms. The minimum Gasteiger partial charge on any atom is -0.491 e. The largest absolute Gasteiger partial charge is 0.491 e. The van der Waals surface area contributed by atoms with Gasteiger partial charge in [-0.25, -0.2) is 4.79 Å². The normalized spacial score (nSPS) is 20.3. The summed E-state index contributed by atoms with van der Waals surface area (Å²) in [6, 6.07) is 8.80. The smallest absolute Gasteiger partial charge is 0.315 e. The number of nitrogens with one attached hydrogen (secondary N) is 3. The minimum absolute atomic E-state index is 0.197. The zero-order valence-corrected chi connectivity index (χ0v) is 18.1. The summed E-state index contributed by atoms with van der Waals surface area (Å²) < 4.78 is 6.03. The molecule has 1 aromatic heterocycles. The van der Waals surface area contributed by atoms with Gasteiger partial charge in [0.2, 0.25) is 5.91 Å². The van der Waals surface area contributed by atoms with E-state index in [-0.39, 0.29) is 18.0 Å². The lowest BCUT2D eigenvalue weighted by Crippen LogP contribution is -2.52. The predicted molar refractivity (Wildman–Crippen MR) is 119 cm³/mol. The molecule has 0 radical (unpaired) electrons. The Bertz CT molecular complexity index is 877. The lowest BCUT2D eigenvalue weighted by molar-refractivity contribution is -0.123. The molecule has 3 amide bonds. The van der Waals surface area contributed by atoms with Gasteiger partial charge in [0.15, 0.2) is 0 Å². The van der Waals surface area contributed by atoms with Crippen LogP contribution in [0.3, 0.4) is 0 Å². The van der Waals surface area contributed by atoms with Crippen LogP contribution in [0.2, 0.25) is 0 Å². The maximum absolute atomic E-state index is 12.7. The van der Waals surface area contributed by atoms with Crippen LogP contribution in [0, 0.1) is 0 Å². The van der Waals surface area contributed by atoms with E-state index in [2.05, 4.69) is 27.0 Å². The summed E-state index contributed by atoms with van der Waals surface area (Å²) in [5.41, 5.74) is 1.98. The number of thioether (sulfide) groups is 1. The maximum atomic E-state index is 12.7. The summed E-state index contributed by atoms with van der Waals surface area (Å²) in [6.45, 7) is 2.21. The van der Waals surface area contributed by atoms with E-state index < -0.39 is 6.04 Å². The number of nitrogens with zero attached hydrogens (tertiary/aromatic N) is 1. The molecule has 1 aliphatic heterocycles. The Morgan fingerprint density at radius 3 is 2.93 bits per heavy atom. The average Bonchev–Trinajstić information content (AvgIpc) is 2.76. The number of fused-ring (bicyclic) bond motifs is 4. The van der Waals surface area contributed by atoms with Gasteiger partial charge in [-0.15, -0.1) is 11.8 Å². The Balaban J connectivity index is 1.82. The maximum Gasteiger partial charge on any atom is 0.315 e. The Labute approximate surface area is 181 Å². The van der Waals surface area contributed by atoms with Crippen molar-refractivity contribution in [2.45, 2.75) is 43.2 Å². The van der Waals surface area contributed by atoms with Gasteiger partial charge in [-0.05, 0) is 37.7 Å². The molecule has 0 spiro atoms. The third kappa shape index (κ3) is 6.13. The van der Waals surface area contributed by atoms with Crippen LogP contribution in [0.5, 0.6) is 5.75 Å². The number of hydrogen-bond acceptors (Lipinski definition) is 5. The fraction of sp³-hybridized carbons (Fsp3) is 0.409. The number of hydrogen-bond donors (Lipinski definition) is 3. The van der Waals surface area contributed by atoms with E-state index in [0.29, 0.717) is 13.0 Å². The van der Waals surface area contributed by atoms with Crippen molar-refractivity contribution in [3.8, 4) is 16.9 Å². The number of carbonyl (C=O) groups excluding carboxylic acids is 2. The molecular formula is C22H28N4O3S. The highest BCUT2D eigenvalue weighted by atomic mass is 32.2. The molecule has 3 N–H and O–H groups in total. The van der Waals surface area contributed by atoms with Crippen LogP contribution >= 0.6 is 11.8 Å². The first-order valence-corrected chi connectivity index (χ1v) is 11.1. The molecule has 0 saturated carbocycles.